The topological polar surface area (TPSA) is 36.4 Å². The van der Waals surface area contributed by atoms with Crippen LogP contribution < -0.4 is 4.90 Å². The zero-order valence-corrected chi connectivity index (χ0v) is 9.28. The largest absolute Gasteiger partial charge is 0.389 e. The summed E-state index contributed by atoms with van der Waals surface area (Å²) < 4.78 is 0. The third kappa shape index (κ3) is 3.34. The molecule has 0 unspecified atom stereocenters. The normalized spacial score (nSPS) is 11.5. The Kier molecular flexibility index (Phi) is 3.11. The lowest BCUT2D eigenvalue weighted by Crippen LogP contribution is -2.36. The van der Waals surface area contributed by atoms with Gasteiger partial charge >= 0.3 is 0 Å². The number of aromatic nitrogens is 1. The summed E-state index contributed by atoms with van der Waals surface area (Å²) in [5.74, 6) is 0.895. The minimum atomic E-state index is -0.694. The molecule has 0 saturated carbocycles. The van der Waals surface area contributed by atoms with Crippen LogP contribution in [0.2, 0.25) is 0 Å². The molecule has 0 spiro atoms. The Hall–Kier alpha value is -1.09. The van der Waals surface area contributed by atoms with Gasteiger partial charge in [0.1, 0.15) is 5.82 Å². The van der Waals surface area contributed by atoms with Gasteiger partial charge in [-0.05, 0) is 32.9 Å². The van der Waals surface area contributed by atoms with Crippen molar-refractivity contribution in [3.8, 4) is 0 Å². The van der Waals surface area contributed by atoms with Gasteiger partial charge in [-0.15, -0.1) is 0 Å². The molecule has 14 heavy (non-hydrogen) atoms. The van der Waals surface area contributed by atoms with E-state index in [-0.39, 0.29) is 0 Å². The Morgan fingerprint density at radius 1 is 1.43 bits per heavy atom. The molecular weight excluding hydrogens is 176 g/mol. The average Bonchev–Trinajstić information content (AvgIpc) is 2.01. The maximum atomic E-state index is 9.65. The van der Waals surface area contributed by atoms with Crippen molar-refractivity contribution >= 4 is 5.82 Å². The van der Waals surface area contributed by atoms with Gasteiger partial charge < -0.3 is 10.0 Å². The highest BCUT2D eigenvalue weighted by Gasteiger charge is 2.16. The molecule has 0 radical (unpaired) electrons. The fourth-order valence-corrected chi connectivity index (χ4v) is 1.40. The predicted octanol–water partition coefficient (Wildman–Crippen LogP) is 1.60. The van der Waals surface area contributed by atoms with Gasteiger partial charge in [-0.3, -0.25) is 0 Å². The van der Waals surface area contributed by atoms with Gasteiger partial charge in [-0.25, -0.2) is 4.98 Å². The monoisotopic (exact) mass is 194 g/mol. The first-order valence-corrected chi connectivity index (χ1v) is 4.76. The molecule has 1 N–H and O–H groups in total. The number of aryl methyl sites for hydroxylation is 1. The Balaban J connectivity index is 2.74. The van der Waals surface area contributed by atoms with E-state index >= 15 is 0 Å². The van der Waals surface area contributed by atoms with Crippen LogP contribution in [-0.2, 0) is 0 Å². The standard InChI is InChI=1S/C11H18N2O/c1-9-6-5-7-10(12-9)13(4)8-11(2,3)14/h5-7,14H,8H2,1-4H3. The third-order valence-corrected chi connectivity index (χ3v) is 1.89. The van der Waals surface area contributed by atoms with E-state index in [4.69, 9.17) is 0 Å². The van der Waals surface area contributed by atoms with E-state index in [0.717, 1.165) is 11.5 Å². The van der Waals surface area contributed by atoms with E-state index in [1.54, 1.807) is 13.8 Å². The first kappa shape index (κ1) is 11.0. The number of rotatable bonds is 3. The van der Waals surface area contributed by atoms with Crippen LogP contribution in [0, 0.1) is 6.92 Å². The molecule has 0 atom stereocenters. The molecule has 1 aromatic heterocycles. The molecule has 1 aromatic rings. The number of pyridine rings is 1. The number of hydrogen-bond donors (Lipinski definition) is 1. The lowest BCUT2D eigenvalue weighted by Gasteiger charge is -2.26. The van der Waals surface area contributed by atoms with Crippen LogP contribution in [0.25, 0.3) is 0 Å². The van der Waals surface area contributed by atoms with Crippen molar-refractivity contribution in [1.82, 2.24) is 4.98 Å². The summed E-state index contributed by atoms with van der Waals surface area (Å²) in [6, 6.07) is 5.87. The quantitative estimate of drug-likeness (QED) is 0.794. The van der Waals surface area contributed by atoms with Crippen molar-refractivity contribution in [1.29, 1.82) is 0 Å². The summed E-state index contributed by atoms with van der Waals surface area (Å²) in [7, 11) is 1.93. The van der Waals surface area contributed by atoms with Crippen molar-refractivity contribution < 1.29 is 5.11 Å². The van der Waals surface area contributed by atoms with E-state index in [9.17, 15) is 5.11 Å². The number of hydrogen-bond acceptors (Lipinski definition) is 3. The van der Waals surface area contributed by atoms with Crippen molar-refractivity contribution in [2.24, 2.45) is 0 Å². The fourth-order valence-electron chi connectivity index (χ4n) is 1.40. The average molecular weight is 194 g/mol. The number of aliphatic hydroxyl groups is 1. The van der Waals surface area contributed by atoms with E-state index in [0.29, 0.717) is 6.54 Å². The molecule has 0 aliphatic carbocycles. The molecule has 0 aliphatic rings. The van der Waals surface area contributed by atoms with Crippen LogP contribution in [0.1, 0.15) is 19.5 Å². The lowest BCUT2D eigenvalue weighted by molar-refractivity contribution is 0.0884. The summed E-state index contributed by atoms with van der Waals surface area (Å²) in [5.41, 5.74) is 0.297. The Morgan fingerprint density at radius 3 is 2.57 bits per heavy atom. The maximum Gasteiger partial charge on any atom is 0.128 e. The molecule has 0 saturated heterocycles. The molecular formula is C11H18N2O. The molecule has 0 aromatic carbocycles. The molecule has 1 rings (SSSR count). The van der Waals surface area contributed by atoms with E-state index in [1.165, 1.54) is 0 Å². The zero-order chi connectivity index (χ0) is 10.8. The van der Waals surface area contributed by atoms with E-state index in [2.05, 4.69) is 4.98 Å². The fraction of sp³-hybridized carbons (Fsp3) is 0.545. The maximum absolute atomic E-state index is 9.65. The molecule has 0 fully saturated rings. The van der Waals surface area contributed by atoms with Crippen LogP contribution >= 0.6 is 0 Å². The van der Waals surface area contributed by atoms with Gasteiger partial charge in [0.05, 0.1) is 5.60 Å². The van der Waals surface area contributed by atoms with Gasteiger partial charge in [0, 0.05) is 19.3 Å². The Morgan fingerprint density at radius 2 is 2.07 bits per heavy atom. The summed E-state index contributed by atoms with van der Waals surface area (Å²) in [4.78, 5) is 6.32. The molecule has 3 heteroatoms. The van der Waals surface area contributed by atoms with Crippen LogP contribution in [0.4, 0.5) is 5.82 Å². The highest BCUT2D eigenvalue weighted by Crippen LogP contribution is 2.12. The summed E-state index contributed by atoms with van der Waals surface area (Å²) >= 11 is 0. The van der Waals surface area contributed by atoms with Crippen molar-refractivity contribution in [3.05, 3.63) is 23.9 Å². The smallest absolute Gasteiger partial charge is 0.128 e. The number of anilines is 1. The summed E-state index contributed by atoms with van der Waals surface area (Å²) in [6.07, 6.45) is 0. The molecule has 0 bridgehead atoms. The van der Waals surface area contributed by atoms with Crippen LogP contribution in [0.5, 0.6) is 0 Å². The van der Waals surface area contributed by atoms with Gasteiger partial charge in [-0.2, -0.15) is 0 Å². The van der Waals surface area contributed by atoms with Gasteiger partial charge in [0.25, 0.3) is 0 Å². The summed E-state index contributed by atoms with van der Waals surface area (Å²) in [6.45, 7) is 6.11. The van der Waals surface area contributed by atoms with E-state index in [1.807, 2.05) is 37.1 Å². The van der Waals surface area contributed by atoms with Crippen molar-refractivity contribution in [3.63, 3.8) is 0 Å². The Bertz CT molecular complexity index is 304. The summed E-state index contributed by atoms with van der Waals surface area (Å²) in [5, 5.41) is 9.65. The van der Waals surface area contributed by atoms with Crippen molar-refractivity contribution in [2.75, 3.05) is 18.5 Å². The number of likely N-dealkylation sites (N-methyl/N-ethyl adjacent to an activating group) is 1. The van der Waals surface area contributed by atoms with Crippen LogP contribution in [-0.4, -0.2) is 29.3 Å². The van der Waals surface area contributed by atoms with Gasteiger partial charge in [0.2, 0.25) is 0 Å². The predicted molar refractivity (Wildman–Crippen MR) is 58.5 cm³/mol. The lowest BCUT2D eigenvalue weighted by atomic mass is 10.1. The van der Waals surface area contributed by atoms with Gasteiger partial charge in [0.15, 0.2) is 0 Å². The molecule has 0 aliphatic heterocycles. The molecule has 78 valence electrons. The van der Waals surface area contributed by atoms with Crippen molar-refractivity contribution in [2.45, 2.75) is 26.4 Å². The minimum absolute atomic E-state index is 0.573. The SMILES string of the molecule is Cc1cccc(N(C)CC(C)(C)O)n1. The van der Waals surface area contributed by atoms with Gasteiger partial charge in [-0.1, -0.05) is 6.07 Å². The highest BCUT2D eigenvalue weighted by molar-refractivity contribution is 5.38. The van der Waals surface area contributed by atoms with Crippen LogP contribution in [0.15, 0.2) is 18.2 Å². The third-order valence-electron chi connectivity index (χ3n) is 1.89. The van der Waals surface area contributed by atoms with E-state index < -0.39 is 5.60 Å². The van der Waals surface area contributed by atoms with Crippen LogP contribution in [0.3, 0.4) is 0 Å². The Labute approximate surface area is 85.4 Å². The zero-order valence-electron chi connectivity index (χ0n) is 9.28. The highest BCUT2D eigenvalue weighted by atomic mass is 16.3. The molecule has 1 heterocycles. The second kappa shape index (κ2) is 3.96. The molecule has 3 nitrogen and oxygen atoms in total. The second-order valence-corrected chi connectivity index (χ2v) is 4.31. The molecule has 0 amide bonds. The number of nitrogens with zero attached hydrogens (tertiary/aromatic N) is 2. The second-order valence-electron chi connectivity index (χ2n) is 4.31. The minimum Gasteiger partial charge on any atom is -0.389 e. The first-order valence-electron chi connectivity index (χ1n) is 4.76. The first-order chi connectivity index (χ1) is 6.38.